The summed E-state index contributed by atoms with van der Waals surface area (Å²) in [6, 6.07) is 46.0. The van der Waals surface area contributed by atoms with E-state index in [2.05, 4.69) is 187 Å². The third-order valence-electron chi connectivity index (χ3n) is 9.90. The van der Waals surface area contributed by atoms with E-state index in [1.165, 1.54) is 21.9 Å². The molecule has 5 aromatic carbocycles. The number of para-hydroxylation sites is 3. The number of ether oxygens (including phenoxy) is 1. The topological polar surface area (TPSA) is 24.5 Å². The fourth-order valence-corrected chi connectivity index (χ4v) is 7.60. The number of anilines is 4. The van der Waals surface area contributed by atoms with E-state index in [4.69, 9.17) is 4.74 Å². The zero-order chi connectivity index (χ0) is 34.1. The molecule has 0 saturated heterocycles. The molecule has 4 bridgehead atoms. The predicted octanol–water partition coefficient (Wildman–Crippen LogP) is 11.4. The van der Waals surface area contributed by atoms with Gasteiger partial charge in [0.15, 0.2) is 5.82 Å². The molecule has 0 aliphatic carbocycles. The first-order valence-corrected chi connectivity index (χ1v) is 17.6. The molecule has 0 N–H and O–H groups in total. The van der Waals surface area contributed by atoms with Crippen molar-refractivity contribution in [1.82, 2.24) is 4.57 Å². The van der Waals surface area contributed by atoms with Crippen LogP contribution in [0.1, 0.15) is 45.7 Å². The number of rotatable bonds is 3. The first kappa shape index (κ1) is 30.3. The van der Waals surface area contributed by atoms with Crippen LogP contribution in [0.5, 0.6) is 11.5 Å². The van der Waals surface area contributed by atoms with Gasteiger partial charge < -0.3 is 4.74 Å². The second-order valence-corrected chi connectivity index (χ2v) is 15.0. The summed E-state index contributed by atoms with van der Waals surface area (Å²) >= 11 is 0. The van der Waals surface area contributed by atoms with Crippen LogP contribution in [-0.2, 0) is 11.8 Å². The Hall–Kier alpha value is -5.81. The second kappa shape index (κ2) is 11.4. The highest BCUT2D eigenvalue weighted by molar-refractivity contribution is 6.09. The Morgan fingerprint density at radius 2 is 1.32 bits per heavy atom. The average molecular weight is 654 g/mol. The number of benzene rings is 5. The van der Waals surface area contributed by atoms with Gasteiger partial charge in [0.25, 0.3) is 5.82 Å². The van der Waals surface area contributed by atoms with Gasteiger partial charge in [0.05, 0.1) is 23.3 Å². The van der Waals surface area contributed by atoms with Gasteiger partial charge in [-0.15, -0.1) is 0 Å². The molecule has 0 radical (unpaired) electrons. The smallest absolute Gasteiger partial charge is 0.292 e. The second-order valence-electron chi connectivity index (χ2n) is 15.0. The number of nitrogens with zero attached hydrogens (tertiary/aromatic N) is 4. The van der Waals surface area contributed by atoms with Crippen LogP contribution < -0.4 is 19.1 Å². The van der Waals surface area contributed by atoms with Crippen molar-refractivity contribution in [1.29, 1.82) is 0 Å². The van der Waals surface area contributed by atoms with Gasteiger partial charge >= 0.3 is 0 Å². The maximum absolute atomic E-state index is 6.68. The Bertz CT molecular complexity index is 2480. The summed E-state index contributed by atoms with van der Waals surface area (Å²) in [4.78, 5) is 4.77. The van der Waals surface area contributed by atoms with E-state index < -0.39 is 0 Å². The number of pyridine rings is 1. The molecule has 0 atom stereocenters. The standard InChI is InChI=1S/C45H41N4O/c1-30(2)24-31-12-10-13-33(25-31)47-40-18-8-9-19-41(40)48-34-14-11-15-35(27-34)50-36-20-21-38-37-16-6-7-17-39(37)49(42(38)28-36)43-26-32(45(3,4)5)22-23-46(43)29-44(47)48/h6-23,25-30H,24H2,1-5H3/q+1. The summed E-state index contributed by atoms with van der Waals surface area (Å²) in [5.41, 5.74) is 9.21. The van der Waals surface area contributed by atoms with Crippen molar-refractivity contribution < 1.29 is 9.30 Å². The van der Waals surface area contributed by atoms with E-state index in [0.717, 1.165) is 63.3 Å². The number of aromatic nitrogens is 2. The van der Waals surface area contributed by atoms with Crippen molar-refractivity contribution in [3.05, 3.63) is 151 Å². The van der Waals surface area contributed by atoms with Gasteiger partial charge in [-0.2, -0.15) is 4.57 Å². The Kier molecular flexibility index (Phi) is 6.89. The highest BCUT2D eigenvalue weighted by Crippen LogP contribution is 2.50. The van der Waals surface area contributed by atoms with Crippen LogP contribution in [0.25, 0.3) is 33.8 Å². The molecule has 50 heavy (non-hydrogen) atoms. The highest BCUT2D eigenvalue weighted by atomic mass is 16.5. The largest absolute Gasteiger partial charge is 0.457 e. The number of fused-ring (bicyclic) bond motifs is 12. The molecule has 4 heterocycles. The minimum atomic E-state index is -0.0470. The van der Waals surface area contributed by atoms with E-state index in [-0.39, 0.29) is 5.41 Å². The van der Waals surface area contributed by atoms with Crippen LogP contribution in [0.3, 0.4) is 0 Å². The van der Waals surface area contributed by atoms with Crippen molar-refractivity contribution >= 4 is 50.8 Å². The molecule has 2 aliphatic rings. The van der Waals surface area contributed by atoms with Crippen molar-refractivity contribution in [2.45, 2.75) is 46.5 Å². The molecular formula is C45H41N4O+. The normalized spacial score (nSPS) is 13.8. The molecule has 2 aliphatic heterocycles. The lowest BCUT2D eigenvalue weighted by Crippen LogP contribution is -2.36. The van der Waals surface area contributed by atoms with Gasteiger partial charge in [-0.05, 0) is 95.6 Å². The van der Waals surface area contributed by atoms with Gasteiger partial charge in [0.2, 0.25) is 0 Å². The minimum Gasteiger partial charge on any atom is -0.457 e. The molecular weight excluding hydrogens is 613 g/mol. The van der Waals surface area contributed by atoms with Gasteiger partial charge in [-0.25, -0.2) is 4.57 Å². The van der Waals surface area contributed by atoms with Gasteiger partial charge in [0, 0.05) is 34.7 Å². The van der Waals surface area contributed by atoms with Crippen molar-refractivity contribution in [2.75, 3.05) is 9.80 Å². The lowest BCUT2D eigenvalue weighted by Gasteiger charge is -2.26. The molecule has 0 spiro atoms. The molecule has 7 aromatic rings. The van der Waals surface area contributed by atoms with Crippen LogP contribution in [0.4, 0.5) is 22.7 Å². The van der Waals surface area contributed by atoms with E-state index >= 15 is 0 Å². The lowest BCUT2D eigenvalue weighted by molar-refractivity contribution is -0.562. The third-order valence-corrected chi connectivity index (χ3v) is 9.90. The average Bonchev–Trinajstić information content (AvgIpc) is 3.60. The van der Waals surface area contributed by atoms with Crippen molar-refractivity contribution in [3.63, 3.8) is 0 Å². The first-order chi connectivity index (χ1) is 24.2. The summed E-state index contributed by atoms with van der Waals surface area (Å²) in [5, 5.41) is 2.40. The molecule has 2 aromatic heterocycles. The van der Waals surface area contributed by atoms with Crippen molar-refractivity contribution in [2.24, 2.45) is 5.92 Å². The fraction of sp³-hybridized carbons (Fsp3) is 0.178. The third kappa shape index (κ3) is 4.96. The summed E-state index contributed by atoms with van der Waals surface area (Å²) in [5.74, 6) is 4.24. The molecule has 0 saturated carbocycles. The maximum Gasteiger partial charge on any atom is 0.292 e. The van der Waals surface area contributed by atoms with E-state index in [1.54, 1.807) is 0 Å². The fourth-order valence-electron chi connectivity index (χ4n) is 7.60. The highest BCUT2D eigenvalue weighted by Gasteiger charge is 2.36. The predicted molar refractivity (Wildman–Crippen MR) is 206 cm³/mol. The van der Waals surface area contributed by atoms with E-state index in [0.29, 0.717) is 5.92 Å². The van der Waals surface area contributed by atoms with Crippen molar-refractivity contribution in [3.8, 4) is 17.3 Å². The van der Waals surface area contributed by atoms with Gasteiger partial charge in [-0.3, -0.25) is 9.80 Å². The number of hydrogen-bond donors (Lipinski definition) is 0. The van der Waals surface area contributed by atoms with E-state index in [9.17, 15) is 0 Å². The Morgan fingerprint density at radius 1 is 0.640 bits per heavy atom. The quantitative estimate of drug-likeness (QED) is 0.177. The van der Waals surface area contributed by atoms with Crippen LogP contribution in [-0.4, -0.2) is 4.57 Å². The summed E-state index contributed by atoms with van der Waals surface area (Å²) in [6.45, 7) is 11.4. The zero-order valence-electron chi connectivity index (χ0n) is 29.3. The maximum atomic E-state index is 6.68. The SMILES string of the molecule is CC(C)Cc1cccc(N2C3=C[n+]4ccc(C(C)(C)C)cc4-n4c5ccccc5c5ccc(cc54)Oc4cccc(c4)N3c3ccccc32)c1. The van der Waals surface area contributed by atoms with Crippen LogP contribution >= 0.6 is 0 Å². The minimum absolute atomic E-state index is 0.0470. The summed E-state index contributed by atoms with van der Waals surface area (Å²) < 4.78 is 11.4. The van der Waals surface area contributed by atoms with Gasteiger partial charge in [0.1, 0.15) is 28.7 Å². The summed E-state index contributed by atoms with van der Waals surface area (Å²) in [6.07, 6.45) is 5.55. The molecule has 5 nitrogen and oxygen atoms in total. The van der Waals surface area contributed by atoms with Crippen LogP contribution in [0.15, 0.2) is 139 Å². The summed E-state index contributed by atoms with van der Waals surface area (Å²) in [7, 11) is 0. The van der Waals surface area contributed by atoms with Crippen LogP contribution in [0.2, 0.25) is 0 Å². The molecule has 9 rings (SSSR count). The number of hydrogen-bond acceptors (Lipinski definition) is 3. The Morgan fingerprint density at radius 3 is 2.08 bits per heavy atom. The van der Waals surface area contributed by atoms with Crippen LogP contribution in [0, 0.1) is 5.92 Å². The first-order valence-electron chi connectivity index (χ1n) is 17.6. The Balaban J connectivity index is 1.40. The zero-order valence-corrected chi connectivity index (χ0v) is 29.3. The van der Waals surface area contributed by atoms with E-state index in [1.807, 2.05) is 6.07 Å². The molecule has 0 fully saturated rings. The molecule has 0 unspecified atom stereocenters. The lowest BCUT2D eigenvalue weighted by atomic mass is 9.87. The molecule has 246 valence electrons. The molecule has 0 amide bonds. The Labute approximate surface area is 293 Å². The monoisotopic (exact) mass is 653 g/mol. The molecule has 5 heteroatoms. The van der Waals surface area contributed by atoms with Gasteiger partial charge in [-0.1, -0.05) is 77.1 Å².